The van der Waals surface area contributed by atoms with E-state index >= 15 is 0 Å². The van der Waals surface area contributed by atoms with E-state index in [1.165, 1.54) is 0 Å². The normalized spacial score (nSPS) is 8.00. The third-order valence-corrected chi connectivity index (χ3v) is 1.22. The minimum absolute atomic E-state index is 0.232. The maximum Gasteiger partial charge on any atom is 0.155 e. The Hall–Kier alpha value is 0.350. The van der Waals surface area contributed by atoms with E-state index in [2.05, 4.69) is 0 Å². The number of hydrogen-bond acceptors (Lipinski definition) is 2. The van der Waals surface area contributed by atoms with Gasteiger partial charge >= 0.3 is 0 Å². The van der Waals surface area contributed by atoms with Crippen molar-refractivity contribution in [3.63, 3.8) is 0 Å². The Morgan fingerprint density at radius 1 is 1.00 bits per heavy atom. The summed E-state index contributed by atoms with van der Waals surface area (Å²) in [6.45, 7) is 9.40. The molecule has 3 heteroatoms. The van der Waals surface area contributed by atoms with Crippen LogP contribution in [0.25, 0.3) is 0 Å². The van der Waals surface area contributed by atoms with Crippen LogP contribution in [-0.4, -0.2) is 13.2 Å². The van der Waals surface area contributed by atoms with E-state index in [0.717, 1.165) is 13.2 Å². The lowest BCUT2D eigenvalue weighted by Crippen LogP contribution is -1.78. The van der Waals surface area contributed by atoms with Gasteiger partial charge in [-0.3, -0.25) is 0 Å². The molecule has 0 aliphatic rings. The molecular formula is C6H17O2P. The lowest BCUT2D eigenvalue weighted by atomic mass is 10.9. The molecule has 0 atom stereocenters. The largest absolute Gasteiger partial charge is 0.337 e. The molecule has 2 nitrogen and oxygen atoms in total. The van der Waals surface area contributed by atoms with Crippen LogP contribution in [0.15, 0.2) is 0 Å². The second-order valence-corrected chi connectivity index (χ2v) is 1.69. The van der Waals surface area contributed by atoms with Crippen molar-refractivity contribution >= 4 is 9.03 Å². The summed E-state index contributed by atoms with van der Waals surface area (Å²) in [4.78, 5) is 0. The van der Waals surface area contributed by atoms with Crippen LogP contribution in [0.4, 0.5) is 0 Å². The summed E-state index contributed by atoms with van der Waals surface area (Å²) in [6.07, 6.45) is 0. The average molecular weight is 152 g/mol. The number of hydrogen-bond donors (Lipinski definition) is 0. The molecule has 0 unspecified atom stereocenters. The molecule has 0 heterocycles. The van der Waals surface area contributed by atoms with E-state index in [4.69, 9.17) is 9.05 Å². The molecule has 0 N–H and O–H groups in total. The molecule has 9 heavy (non-hydrogen) atoms. The first-order valence-electron chi connectivity index (χ1n) is 3.40. The van der Waals surface area contributed by atoms with Crippen LogP contribution < -0.4 is 0 Å². The summed E-state index contributed by atoms with van der Waals surface area (Å²) < 4.78 is 9.76. The Balaban J connectivity index is 0. The van der Waals surface area contributed by atoms with Crippen LogP contribution in [0.2, 0.25) is 0 Å². The van der Waals surface area contributed by atoms with Crippen molar-refractivity contribution in [2.24, 2.45) is 0 Å². The molecule has 0 saturated carbocycles. The van der Waals surface area contributed by atoms with Gasteiger partial charge in [0.15, 0.2) is 9.03 Å². The van der Waals surface area contributed by atoms with Gasteiger partial charge in [-0.25, -0.2) is 0 Å². The summed E-state index contributed by atoms with van der Waals surface area (Å²) in [6, 6.07) is 0. The topological polar surface area (TPSA) is 18.5 Å². The zero-order chi connectivity index (χ0) is 7.54. The van der Waals surface area contributed by atoms with Gasteiger partial charge in [-0.05, 0) is 13.8 Å². The minimum atomic E-state index is 0.232. The molecule has 0 aliphatic heterocycles. The standard InChI is InChI=1S/C4H11O2P.C2H6/c1-3-5-7-6-4-2;1-2/h7H,3-4H2,1-2H3;1-2H3. The van der Waals surface area contributed by atoms with Gasteiger partial charge in [0.05, 0.1) is 13.2 Å². The molecule has 0 amide bonds. The van der Waals surface area contributed by atoms with Crippen LogP contribution in [-0.2, 0) is 9.05 Å². The second-order valence-electron chi connectivity index (χ2n) is 0.949. The Kier molecular flexibility index (Phi) is 21.1. The first-order chi connectivity index (χ1) is 4.41. The van der Waals surface area contributed by atoms with Crippen molar-refractivity contribution in [1.82, 2.24) is 0 Å². The van der Waals surface area contributed by atoms with Gasteiger partial charge in [-0.1, -0.05) is 13.8 Å². The minimum Gasteiger partial charge on any atom is -0.337 e. The van der Waals surface area contributed by atoms with E-state index in [0.29, 0.717) is 0 Å². The van der Waals surface area contributed by atoms with Crippen molar-refractivity contribution in [3.05, 3.63) is 0 Å². The van der Waals surface area contributed by atoms with Crippen LogP contribution >= 0.6 is 9.03 Å². The lowest BCUT2D eigenvalue weighted by Gasteiger charge is -1.96. The smallest absolute Gasteiger partial charge is 0.155 e. The summed E-state index contributed by atoms with van der Waals surface area (Å²) in [5.41, 5.74) is 0. The Morgan fingerprint density at radius 2 is 1.33 bits per heavy atom. The first kappa shape index (κ1) is 12.1. The quantitative estimate of drug-likeness (QED) is 0.455. The highest BCUT2D eigenvalue weighted by molar-refractivity contribution is 7.26. The predicted molar refractivity (Wildman–Crippen MR) is 42.9 cm³/mol. The fourth-order valence-electron chi connectivity index (χ4n) is 0.160. The van der Waals surface area contributed by atoms with E-state index in [-0.39, 0.29) is 9.03 Å². The molecule has 58 valence electrons. The van der Waals surface area contributed by atoms with Gasteiger partial charge in [-0.2, -0.15) is 0 Å². The first-order valence-corrected chi connectivity index (χ1v) is 4.22. The summed E-state index contributed by atoms with van der Waals surface area (Å²) in [5, 5.41) is 0. The van der Waals surface area contributed by atoms with E-state index < -0.39 is 0 Å². The van der Waals surface area contributed by atoms with Crippen molar-refractivity contribution in [1.29, 1.82) is 0 Å². The Bertz CT molecular complexity index is 30.2. The van der Waals surface area contributed by atoms with Crippen molar-refractivity contribution < 1.29 is 9.05 Å². The molecule has 0 bridgehead atoms. The number of rotatable bonds is 4. The van der Waals surface area contributed by atoms with Crippen LogP contribution in [0.3, 0.4) is 0 Å². The Morgan fingerprint density at radius 3 is 1.56 bits per heavy atom. The highest BCUT2D eigenvalue weighted by atomic mass is 31.1. The SMILES string of the molecule is CC.CCOPOCC. The van der Waals surface area contributed by atoms with Crippen molar-refractivity contribution in [2.45, 2.75) is 27.7 Å². The molecule has 0 aromatic carbocycles. The molecule has 0 aromatic heterocycles. The predicted octanol–water partition coefficient (Wildman–Crippen LogP) is 2.59. The highest BCUT2D eigenvalue weighted by Crippen LogP contribution is 2.10. The fraction of sp³-hybridized carbons (Fsp3) is 1.00. The molecule has 0 rings (SSSR count). The maximum atomic E-state index is 4.88. The fourth-order valence-corrected chi connectivity index (χ4v) is 0.479. The zero-order valence-electron chi connectivity index (χ0n) is 6.73. The second kappa shape index (κ2) is 15.8. The van der Waals surface area contributed by atoms with Gasteiger partial charge in [0, 0.05) is 0 Å². The van der Waals surface area contributed by atoms with E-state index in [1.807, 2.05) is 27.7 Å². The molecule has 0 aromatic rings. The van der Waals surface area contributed by atoms with Crippen molar-refractivity contribution in [3.8, 4) is 0 Å². The highest BCUT2D eigenvalue weighted by Gasteiger charge is 1.77. The molecule has 0 aliphatic carbocycles. The summed E-state index contributed by atoms with van der Waals surface area (Å²) in [5.74, 6) is 0. The summed E-state index contributed by atoms with van der Waals surface area (Å²) >= 11 is 0. The van der Waals surface area contributed by atoms with Gasteiger partial charge in [0.2, 0.25) is 0 Å². The van der Waals surface area contributed by atoms with Gasteiger partial charge in [0.25, 0.3) is 0 Å². The van der Waals surface area contributed by atoms with Crippen LogP contribution in [0, 0.1) is 0 Å². The molecule has 0 spiro atoms. The lowest BCUT2D eigenvalue weighted by molar-refractivity contribution is 0.288. The average Bonchev–Trinajstić information content (AvgIpc) is 1.94. The van der Waals surface area contributed by atoms with Crippen LogP contribution in [0.5, 0.6) is 0 Å². The molecule has 0 saturated heterocycles. The van der Waals surface area contributed by atoms with Gasteiger partial charge in [-0.15, -0.1) is 0 Å². The monoisotopic (exact) mass is 152 g/mol. The summed E-state index contributed by atoms with van der Waals surface area (Å²) in [7, 11) is 0.232. The third-order valence-electron chi connectivity index (χ3n) is 0.407. The molecule has 0 radical (unpaired) electrons. The maximum absolute atomic E-state index is 4.88. The Labute approximate surface area is 59.9 Å². The van der Waals surface area contributed by atoms with E-state index in [1.54, 1.807) is 0 Å². The molecular weight excluding hydrogens is 135 g/mol. The van der Waals surface area contributed by atoms with Crippen molar-refractivity contribution in [2.75, 3.05) is 13.2 Å². The zero-order valence-corrected chi connectivity index (χ0v) is 7.73. The van der Waals surface area contributed by atoms with Gasteiger partial charge < -0.3 is 9.05 Å². The van der Waals surface area contributed by atoms with E-state index in [9.17, 15) is 0 Å². The van der Waals surface area contributed by atoms with Crippen LogP contribution in [0.1, 0.15) is 27.7 Å². The molecule has 0 fully saturated rings. The third kappa shape index (κ3) is 17.8. The van der Waals surface area contributed by atoms with Gasteiger partial charge in [0.1, 0.15) is 0 Å².